The summed E-state index contributed by atoms with van der Waals surface area (Å²) in [6, 6.07) is 5.95. The van der Waals surface area contributed by atoms with Crippen LogP contribution >= 0.6 is 0 Å². The molecule has 0 aromatic heterocycles. The number of rotatable bonds is 7. The molecule has 0 spiro atoms. The number of anilines is 2. The maximum absolute atomic E-state index is 11.8. The number of aliphatic hydroxyl groups excluding tert-OH is 1. The van der Waals surface area contributed by atoms with Gasteiger partial charge in [-0.15, -0.1) is 0 Å². The van der Waals surface area contributed by atoms with Gasteiger partial charge in [0.15, 0.2) is 6.10 Å². The number of likely N-dealkylation sites (N-methyl/N-ethyl adjacent to an activating group) is 1. The molecule has 0 fully saturated rings. The van der Waals surface area contributed by atoms with Gasteiger partial charge in [-0.3, -0.25) is 4.79 Å². The first-order valence-electron chi connectivity index (χ1n) is 7.94. The minimum absolute atomic E-state index is 0.240. The number of carbonyl (C=O) groups excluding carboxylic acids is 1. The van der Waals surface area contributed by atoms with Crippen molar-refractivity contribution in [2.24, 2.45) is 0 Å². The van der Waals surface area contributed by atoms with E-state index in [1.807, 2.05) is 18.2 Å². The zero-order valence-corrected chi connectivity index (χ0v) is 13.3. The Hall–Kier alpha value is -1.55. The second-order valence-corrected chi connectivity index (χ2v) is 5.74. The van der Waals surface area contributed by atoms with Gasteiger partial charge in [0, 0.05) is 31.4 Å². The first kappa shape index (κ1) is 15.8. The lowest BCUT2D eigenvalue weighted by molar-refractivity contribution is -0.125. The Morgan fingerprint density at radius 1 is 1.19 bits per heavy atom. The molecule has 1 aromatic rings. The number of aliphatic hydroxyl groups is 1. The number of carbonyl (C=O) groups is 1. The minimum Gasteiger partial charge on any atom is -0.378 e. The average Bonchev–Trinajstić information content (AvgIpc) is 2.72. The fourth-order valence-corrected chi connectivity index (χ4v) is 2.75. The number of hydrogen-bond donors (Lipinski definition) is 1. The highest BCUT2D eigenvalue weighted by atomic mass is 16.3. The smallest absolute Gasteiger partial charge is 0.260 e. The molecule has 0 aliphatic carbocycles. The molecule has 1 N–H and O–H groups in total. The van der Waals surface area contributed by atoms with E-state index in [9.17, 15) is 9.90 Å². The van der Waals surface area contributed by atoms with Crippen molar-refractivity contribution in [3.63, 3.8) is 0 Å². The Labute approximate surface area is 127 Å². The van der Waals surface area contributed by atoms with E-state index in [2.05, 4.69) is 18.7 Å². The summed E-state index contributed by atoms with van der Waals surface area (Å²) in [7, 11) is 1.73. The van der Waals surface area contributed by atoms with E-state index >= 15 is 0 Å². The van der Waals surface area contributed by atoms with Crippen LogP contribution < -0.4 is 9.80 Å². The van der Waals surface area contributed by atoms with Gasteiger partial charge in [0.05, 0.1) is 5.69 Å². The largest absolute Gasteiger partial charge is 0.378 e. The van der Waals surface area contributed by atoms with Crippen LogP contribution in [0, 0.1) is 0 Å². The molecule has 1 unspecified atom stereocenters. The molecule has 1 amide bonds. The molecule has 4 nitrogen and oxygen atoms in total. The Balaban J connectivity index is 2.24. The quantitative estimate of drug-likeness (QED) is 0.839. The van der Waals surface area contributed by atoms with E-state index in [-0.39, 0.29) is 5.91 Å². The highest BCUT2D eigenvalue weighted by Crippen LogP contribution is 2.37. The van der Waals surface area contributed by atoms with Gasteiger partial charge in [-0.25, -0.2) is 0 Å². The van der Waals surface area contributed by atoms with Crippen LogP contribution in [0.4, 0.5) is 11.4 Å². The van der Waals surface area contributed by atoms with Gasteiger partial charge in [-0.1, -0.05) is 32.8 Å². The molecule has 0 saturated carbocycles. The van der Waals surface area contributed by atoms with Gasteiger partial charge >= 0.3 is 0 Å². The van der Waals surface area contributed by atoms with Crippen LogP contribution in [0.1, 0.15) is 51.2 Å². The Morgan fingerprint density at radius 2 is 1.81 bits per heavy atom. The first-order valence-corrected chi connectivity index (χ1v) is 7.94. The zero-order chi connectivity index (χ0) is 15.4. The molecule has 1 atom stereocenters. The Kier molecular flexibility index (Phi) is 5.23. The summed E-state index contributed by atoms with van der Waals surface area (Å²) in [6.45, 7) is 6.47. The van der Waals surface area contributed by atoms with Crippen molar-refractivity contribution in [1.29, 1.82) is 0 Å². The Morgan fingerprint density at radius 3 is 2.38 bits per heavy atom. The SMILES string of the molecule is CCCCN(CCCC)c1ccc2c(c1)N(C)C(=O)C2O. The average molecular weight is 290 g/mol. The number of hydrogen-bond acceptors (Lipinski definition) is 3. The number of nitrogens with zero attached hydrogens (tertiary/aromatic N) is 2. The van der Waals surface area contributed by atoms with Crippen molar-refractivity contribution in [2.75, 3.05) is 29.9 Å². The number of fused-ring (bicyclic) bond motifs is 1. The van der Waals surface area contributed by atoms with Crippen molar-refractivity contribution in [3.8, 4) is 0 Å². The summed E-state index contributed by atoms with van der Waals surface area (Å²) in [5, 5.41) is 9.93. The van der Waals surface area contributed by atoms with Crippen LogP contribution in [-0.4, -0.2) is 31.2 Å². The third-order valence-corrected chi connectivity index (χ3v) is 4.16. The lowest BCUT2D eigenvalue weighted by Gasteiger charge is -2.25. The predicted octanol–water partition coefficient (Wildman–Crippen LogP) is 3.10. The summed E-state index contributed by atoms with van der Waals surface area (Å²) in [6.07, 6.45) is 3.67. The monoisotopic (exact) mass is 290 g/mol. The maximum Gasteiger partial charge on any atom is 0.260 e. The third kappa shape index (κ3) is 3.21. The van der Waals surface area contributed by atoms with Gasteiger partial charge in [0.2, 0.25) is 0 Å². The summed E-state index contributed by atoms with van der Waals surface area (Å²) >= 11 is 0. The van der Waals surface area contributed by atoms with Crippen molar-refractivity contribution >= 4 is 17.3 Å². The fraction of sp³-hybridized carbons (Fsp3) is 0.588. The second kappa shape index (κ2) is 6.94. The van der Waals surface area contributed by atoms with Crippen molar-refractivity contribution in [2.45, 2.75) is 45.6 Å². The molecule has 116 valence electrons. The van der Waals surface area contributed by atoms with Crippen LogP contribution in [0.25, 0.3) is 0 Å². The van der Waals surface area contributed by atoms with Gasteiger partial charge < -0.3 is 14.9 Å². The first-order chi connectivity index (χ1) is 10.1. The van der Waals surface area contributed by atoms with Crippen molar-refractivity contribution in [3.05, 3.63) is 23.8 Å². The van der Waals surface area contributed by atoms with Crippen molar-refractivity contribution < 1.29 is 9.90 Å². The highest BCUT2D eigenvalue weighted by molar-refractivity contribution is 6.03. The number of amides is 1. The van der Waals surface area contributed by atoms with E-state index in [1.54, 1.807) is 11.9 Å². The number of benzene rings is 1. The molecule has 21 heavy (non-hydrogen) atoms. The fourth-order valence-electron chi connectivity index (χ4n) is 2.75. The lowest BCUT2D eigenvalue weighted by Crippen LogP contribution is -2.26. The van der Waals surface area contributed by atoms with Crippen LogP contribution in [0.5, 0.6) is 0 Å². The van der Waals surface area contributed by atoms with E-state index in [0.29, 0.717) is 0 Å². The molecule has 0 radical (unpaired) electrons. The molecule has 2 rings (SSSR count). The van der Waals surface area contributed by atoms with Crippen LogP contribution in [0.2, 0.25) is 0 Å². The van der Waals surface area contributed by atoms with Gasteiger partial charge in [0.1, 0.15) is 0 Å². The molecule has 4 heteroatoms. The van der Waals surface area contributed by atoms with Crippen LogP contribution in [0.15, 0.2) is 18.2 Å². The Bertz CT molecular complexity index is 494. The topological polar surface area (TPSA) is 43.8 Å². The molecule has 1 aliphatic heterocycles. The molecule has 0 bridgehead atoms. The molecular weight excluding hydrogens is 264 g/mol. The predicted molar refractivity (Wildman–Crippen MR) is 86.8 cm³/mol. The molecule has 1 aliphatic rings. The standard InChI is InChI=1S/C17H26N2O2/c1-4-6-10-19(11-7-5-2)13-8-9-14-15(12-13)18(3)17(21)16(14)20/h8-9,12,16,20H,4-7,10-11H2,1-3H3. The summed E-state index contributed by atoms with van der Waals surface area (Å²) in [5.74, 6) is -0.240. The molecule has 1 heterocycles. The molecule has 1 aromatic carbocycles. The maximum atomic E-state index is 11.8. The van der Waals surface area contributed by atoms with E-state index in [1.165, 1.54) is 12.8 Å². The normalized spacial score (nSPS) is 17.2. The van der Waals surface area contributed by atoms with Crippen molar-refractivity contribution in [1.82, 2.24) is 0 Å². The number of unbranched alkanes of at least 4 members (excludes halogenated alkanes) is 2. The summed E-state index contributed by atoms with van der Waals surface area (Å²) < 4.78 is 0. The second-order valence-electron chi connectivity index (χ2n) is 5.74. The molecule has 0 saturated heterocycles. The van der Waals surface area contributed by atoms with Crippen LogP contribution in [-0.2, 0) is 4.79 Å². The minimum atomic E-state index is -1.00. The summed E-state index contributed by atoms with van der Waals surface area (Å²) in [4.78, 5) is 15.8. The van der Waals surface area contributed by atoms with E-state index in [0.717, 1.165) is 42.9 Å². The van der Waals surface area contributed by atoms with E-state index < -0.39 is 6.10 Å². The van der Waals surface area contributed by atoms with E-state index in [4.69, 9.17) is 0 Å². The van der Waals surface area contributed by atoms with Gasteiger partial charge in [0.25, 0.3) is 5.91 Å². The van der Waals surface area contributed by atoms with Crippen LogP contribution in [0.3, 0.4) is 0 Å². The lowest BCUT2D eigenvalue weighted by atomic mass is 10.1. The van der Waals surface area contributed by atoms with Gasteiger partial charge in [-0.2, -0.15) is 0 Å². The molecular formula is C17H26N2O2. The van der Waals surface area contributed by atoms with Gasteiger partial charge in [-0.05, 0) is 25.0 Å². The zero-order valence-electron chi connectivity index (χ0n) is 13.3. The summed E-state index contributed by atoms with van der Waals surface area (Å²) in [5.41, 5.74) is 2.70. The highest BCUT2D eigenvalue weighted by Gasteiger charge is 2.33. The third-order valence-electron chi connectivity index (χ3n) is 4.16.